The number of benzene rings is 2. The zero-order chi connectivity index (χ0) is 19.9. The fraction of sp³-hybridized carbons (Fsp3) is 0.360. The maximum absolute atomic E-state index is 2.27. The largest absolute Gasteiger partial charge is 1.00 e. The van der Waals surface area contributed by atoms with Crippen LogP contribution < -0.4 is 29.2 Å². The Hall–Kier alpha value is -0.382. The average Bonchev–Trinajstić information content (AvgIpc) is 2.60. The molecule has 3 heteroatoms. The molecule has 0 saturated carbocycles. The molecule has 0 saturated heterocycles. The van der Waals surface area contributed by atoms with Gasteiger partial charge in [-0.15, -0.1) is 0 Å². The second-order valence-corrected chi connectivity index (χ2v) is 9.99. The smallest absolute Gasteiger partial charge is 0.323 e. The molecule has 0 amide bonds. The monoisotopic (exact) mass is 436 g/mol. The van der Waals surface area contributed by atoms with Crippen LogP contribution in [0.15, 0.2) is 72.3 Å². The van der Waals surface area contributed by atoms with Crippen LogP contribution in [0.4, 0.5) is 0 Å². The topological polar surface area (TPSA) is 0 Å². The molecule has 2 aromatic rings. The molecule has 0 atom stereocenters. The van der Waals surface area contributed by atoms with Gasteiger partial charge >= 0.3 is 18.9 Å². The van der Waals surface area contributed by atoms with Crippen molar-refractivity contribution in [2.24, 2.45) is 0 Å². The van der Waals surface area contributed by atoms with Crippen molar-refractivity contribution in [2.45, 2.75) is 61.4 Å². The van der Waals surface area contributed by atoms with Crippen molar-refractivity contribution in [2.75, 3.05) is 0 Å². The third kappa shape index (κ3) is 17.7. The Labute approximate surface area is 202 Å². The van der Waals surface area contributed by atoms with Gasteiger partial charge in [-0.3, -0.25) is 0 Å². The molecule has 0 bridgehead atoms. The van der Waals surface area contributed by atoms with Crippen molar-refractivity contribution in [3.05, 3.63) is 84.1 Å². The Kier molecular flexibility index (Phi) is 23.0. The van der Waals surface area contributed by atoms with Gasteiger partial charge in [0, 0.05) is 19.5 Å². The standard InChI is InChI=1S/C17H19Si.2C4H9.Li.Zn/c1-3-15(2)14-18(16-10-6-4-7-11-16)17-12-8-5-9-13-17;2*1-4(2)3;;/h3-13H,14H2,1-2H3;2*1-3H3;;/q;2*-1;+1;/b15-3+;;;;. The zero-order valence-corrected chi connectivity index (χ0v) is 23.7. The quantitative estimate of drug-likeness (QED) is 0.390. The molecule has 0 nitrogen and oxygen atoms in total. The first-order chi connectivity index (χ1) is 12.3. The Morgan fingerprint density at radius 2 is 1.04 bits per heavy atom. The maximum Gasteiger partial charge on any atom is 1.00 e. The van der Waals surface area contributed by atoms with Crippen LogP contribution in [0, 0.1) is 11.8 Å². The van der Waals surface area contributed by atoms with Crippen LogP contribution >= 0.6 is 0 Å². The van der Waals surface area contributed by atoms with E-state index in [9.17, 15) is 0 Å². The van der Waals surface area contributed by atoms with E-state index in [-0.39, 0.29) is 38.3 Å². The molecule has 2 aromatic carbocycles. The molecular formula is C25H37LiSiZn-. The van der Waals surface area contributed by atoms with Gasteiger partial charge < -0.3 is 11.8 Å². The Bertz CT molecular complexity index is 543. The van der Waals surface area contributed by atoms with Crippen molar-refractivity contribution < 1.29 is 38.3 Å². The molecule has 0 spiro atoms. The number of rotatable bonds is 4. The molecule has 0 aliphatic heterocycles. The molecule has 1 radical (unpaired) electrons. The maximum atomic E-state index is 2.27. The third-order valence-corrected chi connectivity index (χ3v) is 6.16. The van der Waals surface area contributed by atoms with Crippen LogP contribution in [0.5, 0.6) is 0 Å². The van der Waals surface area contributed by atoms with E-state index in [1.54, 1.807) is 0 Å². The number of hydrogen-bond acceptors (Lipinski definition) is 0. The Balaban J connectivity index is -0.000000537. The summed E-state index contributed by atoms with van der Waals surface area (Å²) in [5.41, 5.74) is 1.48. The van der Waals surface area contributed by atoms with Gasteiger partial charge in [0.25, 0.3) is 0 Å². The summed E-state index contributed by atoms with van der Waals surface area (Å²) in [6, 6.07) is 23.0. The van der Waals surface area contributed by atoms with E-state index in [1.165, 1.54) is 33.8 Å². The van der Waals surface area contributed by atoms with Crippen LogP contribution in [0.25, 0.3) is 0 Å². The van der Waals surface area contributed by atoms with Gasteiger partial charge in [0.15, 0.2) is 0 Å². The van der Waals surface area contributed by atoms with E-state index in [0.717, 1.165) is 0 Å². The molecule has 0 N–H and O–H groups in total. The van der Waals surface area contributed by atoms with E-state index < -0.39 is 8.80 Å². The summed E-state index contributed by atoms with van der Waals surface area (Å²) in [6.45, 7) is 16.9. The van der Waals surface area contributed by atoms with Crippen molar-refractivity contribution in [3.8, 4) is 0 Å². The van der Waals surface area contributed by atoms with Crippen molar-refractivity contribution in [1.82, 2.24) is 0 Å². The molecular weight excluding hydrogens is 401 g/mol. The van der Waals surface area contributed by atoms with Crippen LogP contribution in [-0.4, -0.2) is 8.80 Å². The van der Waals surface area contributed by atoms with Gasteiger partial charge in [0.05, 0.1) is 0 Å². The SMILES string of the molecule is C/C=C(\C)C[Si](c1ccccc1)c1ccccc1.C[C-](C)C.C[C-](C)C.[Li+].[Zn]. The van der Waals surface area contributed by atoms with E-state index in [4.69, 9.17) is 0 Å². The fourth-order valence-electron chi connectivity index (χ4n) is 2.03. The molecule has 0 aromatic heterocycles. The average molecular weight is 438 g/mol. The first-order valence-electron chi connectivity index (χ1n) is 9.39. The summed E-state index contributed by atoms with van der Waals surface area (Å²) < 4.78 is 0. The molecule has 0 unspecified atom stereocenters. The van der Waals surface area contributed by atoms with Crippen LogP contribution in [0.1, 0.15) is 55.4 Å². The van der Waals surface area contributed by atoms with Crippen molar-refractivity contribution >= 4 is 19.2 Å². The van der Waals surface area contributed by atoms with E-state index in [2.05, 4.69) is 122 Å². The van der Waals surface area contributed by atoms with Crippen LogP contribution in [-0.2, 0) is 19.5 Å². The summed E-state index contributed by atoms with van der Waals surface area (Å²) in [7, 11) is -0.679. The molecule has 0 fully saturated rings. The van der Waals surface area contributed by atoms with E-state index in [1.807, 2.05) is 0 Å². The number of allylic oxidation sites excluding steroid dienone is 2. The molecule has 2 rings (SSSR count). The summed E-state index contributed by atoms with van der Waals surface area (Å²) in [4.78, 5) is 0. The molecule has 145 valence electrons. The Morgan fingerprint density at radius 3 is 1.29 bits per heavy atom. The second-order valence-electron chi connectivity index (χ2n) is 7.52. The second kappa shape index (κ2) is 19.9. The normalized spacial score (nSPS) is 10.2. The minimum absolute atomic E-state index is 0. The predicted molar refractivity (Wildman–Crippen MR) is 123 cm³/mol. The number of hydrogen-bond donors (Lipinski definition) is 0. The zero-order valence-electron chi connectivity index (χ0n) is 19.8. The van der Waals surface area contributed by atoms with Gasteiger partial charge in [-0.25, -0.2) is 0 Å². The van der Waals surface area contributed by atoms with Crippen LogP contribution in [0.3, 0.4) is 0 Å². The van der Waals surface area contributed by atoms with E-state index in [0.29, 0.717) is 0 Å². The summed E-state index contributed by atoms with van der Waals surface area (Å²) in [5.74, 6) is 2.83. The van der Waals surface area contributed by atoms with Crippen molar-refractivity contribution in [3.63, 3.8) is 0 Å². The van der Waals surface area contributed by atoms with Gasteiger partial charge in [-0.05, 0) is 19.9 Å². The third-order valence-electron chi connectivity index (χ3n) is 3.19. The van der Waals surface area contributed by atoms with Crippen molar-refractivity contribution in [1.29, 1.82) is 0 Å². The molecule has 0 aliphatic carbocycles. The van der Waals surface area contributed by atoms with E-state index >= 15 is 0 Å². The van der Waals surface area contributed by atoms with Gasteiger partial charge in [-0.1, -0.05) is 82.7 Å². The molecule has 0 heterocycles. The summed E-state index contributed by atoms with van der Waals surface area (Å²) in [5, 5.41) is 2.99. The van der Waals surface area contributed by atoms with Gasteiger partial charge in [-0.2, -0.15) is 41.5 Å². The minimum Gasteiger partial charge on any atom is -0.323 e. The molecule has 28 heavy (non-hydrogen) atoms. The first kappa shape index (κ1) is 32.3. The molecule has 0 aliphatic rings. The summed E-state index contributed by atoms with van der Waals surface area (Å²) >= 11 is 0. The van der Waals surface area contributed by atoms with Gasteiger partial charge in [0.2, 0.25) is 0 Å². The van der Waals surface area contributed by atoms with Crippen LogP contribution in [0.2, 0.25) is 6.04 Å². The predicted octanol–water partition coefficient (Wildman–Crippen LogP) is 3.50. The first-order valence-corrected chi connectivity index (χ1v) is 11.1. The fourth-order valence-corrected chi connectivity index (χ4v) is 4.72. The minimum atomic E-state index is -0.679. The summed E-state index contributed by atoms with van der Waals surface area (Å²) in [6.07, 6.45) is 2.23. The van der Waals surface area contributed by atoms with Gasteiger partial charge in [0.1, 0.15) is 8.80 Å². The Morgan fingerprint density at radius 1 is 0.750 bits per heavy atom.